The summed E-state index contributed by atoms with van der Waals surface area (Å²) in [6.45, 7) is -0.701. The highest BCUT2D eigenvalue weighted by Crippen LogP contribution is 2.53. The molecule has 1 amide bonds. The number of amides is 1. The Morgan fingerprint density at radius 2 is 1.82 bits per heavy atom. The number of pyridine rings is 1. The second kappa shape index (κ2) is 10.9. The van der Waals surface area contributed by atoms with E-state index in [4.69, 9.17) is 10.8 Å². The van der Waals surface area contributed by atoms with Crippen LogP contribution in [-0.2, 0) is 12.5 Å². The molecule has 0 radical (unpaired) electrons. The van der Waals surface area contributed by atoms with Gasteiger partial charge in [0.05, 0.1) is 23.6 Å². The summed E-state index contributed by atoms with van der Waals surface area (Å²) in [6, 6.07) is 0.838. The maximum absolute atomic E-state index is 15.1. The fourth-order valence-corrected chi connectivity index (χ4v) is 4.15. The lowest BCUT2D eigenvalue weighted by Crippen LogP contribution is -2.56. The number of nitro benzene ring substituents is 1. The van der Waals surface area contributed by atoms with Crippen molar-refractivity contribution >= 4 is 23.4 Å². The van der Waals surface area contributed by atoms with Gasteiger partial charge in [0.1, 0.15) is 11.5 Å². The topological polar surface area (TPSA) is 163 Å². The van der Waals surface area contributed by atoms with E-state index in [1.165, 1.54) is 0 Å². The number of rotatable bonds is 11. The molecule has 2 heterocycles. The number of non-ortho nitro benzene ring substituents is 1. The number of carbonyl (C=O) groups is 1. The van der Waals surface area contributed by atoms with Crippen molar-refractivity contribution in [3.05, 3.63) is 51.5 Å². The molecular weight excluding hydrogens is 593 g/mol. The van der Waals surface area contributed by atoms with Gasteiger partial charge in [-0.15, -0.1) is 5.10 Å². The van der Waals surface area contributed by atoms with Crippen LogP contribution in [0, 0.1) is 15.9 Å². The average molecular weight is 605 g/mol. The van der Waals surface area contributed by atoms with Crippen LogP contribution in [0.3, 0.4) is 0 Å². The summed E-state index contributed by atoms with van der Waals surface area (Å²) in [5.74, 6) is -22.6. The first-order valence-electron chi connectivity index (χ1n) is 10.2. The standard InChI is InChI=1S/C19H12F9N7O4S/c20-11-3-7(17(23,24)19(27,28)18(25,26)15(21)22)6-30-12(11)9-4-8(35(38)39)5-10(14(29)37)13(9)40-16-31-32-33-34(16)1-2-36/h3-6,15,36H,1-2H2,(H2,29,37). The number of benzene rings is 1. The van der Waals surface area contributed by atoms with Crippen LogP contribution < -0.4 is 5.73 Å². The number of halogens is 9. The lowest BCUT2D eigenvalue weighted by molar-refractivity contribution is -0.384. The fraction of sp³-hybridized carbons (Fsp3) is 0.316. The molecule has 0 unspecified atom stereocenters. The van der Waals surface area contributed by atoms with Crippen LogP contribution in [0.5, 0.6) is 0 Å². The summed E-state index contributed by atoms with van der Waals surface area (Å²) in [6.07, 6.45) is -5.45. The highest BCUT2D eigenvalue weighted by atomic mass is 32.2. The number of aromatic nitrogens is 5. The number of primary amides is 1. The quantitative estimate of drug-likeness (QED) is 0.189. The van der Waals surface area contributed by atoms with Gasteiger partial charge in [0.15, 0.2) is 0 Å². The first-order valence-corrected chi connectivity index (χ1v) is 11.0. The van der Waals surface area contributed by atoms with E-state index in [1.54, 1.807) is 0 Å². The summed E-state index contributed by atoms with van der Waals surface area (Å²) in [7, 11) is 0. The van der Waals surface area contributed by atoms with Gasteiger partial charge in [-0.1, -0.05) is 0 Å². The number of nitrogens with zero attached hydrogens (tertiary/aromatic N) is 6. The second-order valence-electron chi connectivity index (χ2n) is 7.63. The maximum Gasteiger partial charge on any atom is 0.382 e. The Bertz CT molecular complexity index is 1460. The van der Waals surface area contributed by atoms with Crippen molar-refractivity contribution < 1.29 is 54.3 Å². The lowest BCUT2D eigenvalue weighted by Gasteiger charge is -2.32. The molecule has 21 heteroatoms. The molecule has 3 aromatic rings. The molecule has 0 spiro atoms. The van der Waals surface area contributed by atoms with E-state index in [2.05, 4.69) is 20.5 Å². The van der Waals surface area contributed by atoms with Crippen molar-refractivity contribution in [3.8, 4) is 11.3 Å². The van der Waals surface area contributed by atoms with Crippen molar-refractivity contribution in [2.75, 3.05) is 6.61 Å². The number of hydrogen-bond acceptors (Lipinski definition) is 9. The SMILES string of the molecule is NC(=O)c1cc([N+](=O)[O-])cc(-c2ncc(C(F)(F)C(F)(F)C(F)(F)C(F)F)cc2F)c1Sc1nnnn1CCO. The molecule has 0 aliphatic carbocycles. The molecule has 0 saturated carbocycles. The predicted molar refractivity (Wildman–Crippen MR) is 114 cm³/mol. The lowest BCUT2D eigenvalue weighted by atomic mass is 9.97. The summed E-state index contributed by atoms with van der Waals surface area (Å²) in [4.78, 5) is 25.2. The maximum atomic E-state index is 15.1. The molecular formula is C19H12F9N7O4S. The van der Waals surface area contributed by atoms with Crippen molar-refractivity contribution in [2.45, 2.75) is 40.8 Å². The van der Waals surface area contributed by atoms with Crippen molar-refractivity contribution in [3.63, 3.8) is 0 Å². The van der Waals surface area contributed by atoms with Crippen molar-refractivity contribution in [1.29, 1.82) is 0 Å². The number of nitrogens with two attached hydrogens (primary N) is 1. The molecule has 3 rings (SSSR count). The Morgan fingerprint density at radius 1 is 1.18 bits per heavy atom. The molecule has 2 aromatic heterocycles. The molecule has 0 aliphatic heterocycles. The van der Waals surface area contributed by atoms with E-state index >= 15 is 4.39 Å². The minimum absolute atomic E-state index is 0.205. The van der Waals surface area contributed by atoms with Gasteiger partial charge < -0.3 is 10.8 Å². The molecule has 40 heavy (non-hydrogen) atoms. The third-order valence-corrected chi connectivity index (χ3v) is 6.22. The van der Waals surface area contributed by atoms with Gasteiger partial charge in [-0.2, -0.15) is 26.3 Å². The first kappa shape index (κ1) is 30.5. The molecule has 0 bridgehead atoms. The number of nitro groups is 1. The van der Waals surface area contributed by atoms with Gasteiger partial charge in [0.25, 0.3) is 5.69 Å². The monoisotopic (exact) mass is 605 g/mol. The summed E-state index contributed by atoms with van der Waals surface area (Å²) in [5, 5.41) is 30.8. The zero-order chi connectivity index (χ0) is 30.2. The van der Waals surface area contributed by atoms with Gasteiger partial charge in [-0.05, 0) is 28.3 Å². The summed E-state index contributed by atoms with van der Waals surface area (Å²) >= 11 is 0.422. The number of hydrogen-bond donors (Lipinski definition) is 2. The van der Waals surface area contributed by atoms with Crippen LogP contribution in [0.4, 0.5) is 45.2 Å². The van der Waals surface area contributed by atoms with Crippen molar-refractivity contribution in [2.24, 2.45) is 5.73 Å². The number of alkyl halides is 8. The zero-order valence-corrected chi connectivity index (χ0v) is 19.9. The molecule has 216 valence electrons. The third-order valence-electron chi connectivity index (χ3n) is 5.10. The summed E-state index contributed by atoms with van der Waals surface area (Å²) in [5.41, 5.74) is -0.315. The molecule has 0 aliphatic rings. The average Bonchev–Trinajstić information content (AvgIpc) is 3.30. The molecule has 0 fully saturated rings. The van der Waals surface area contributed by atoms with Crippen molar-refractivity contribution in [1.82, 2.24) is 25.2 Å². The minimum Gasteiger partial charge on any atom is -0.394 e. The smallest absolute Gasteiger partial charge is 0.382 e. The number of aliphatic hydroxyl groups is 1. The Kier molecular flexibility index (Phi) is 8.29. The van der Waals surface area contributed by atoms with Gasteiger partial charge >= 0.3 is 24.2 Å². The van der Waals surface area contributed by atoms with Crippen LogP contribution in [0.1, 0.15) is 15.9 Å². The Labute approximate surface area is 219 Å². The van der Waals surface area contributed by atoms with Crippen LogP contribution in [0.2, 0.25) is 0 Å². The second-order valence-corrected chi connectivity index (χ2v) is 8.61. The summed E-state index contributed by atoms with van der Waals surface area (Å²) < 4.78 is 124. The van der Waals surface area contributed by atoms with E-state index in [9.17, 15) is 50.0 Å². The van der Waals surface area contributed by atoms with Crippen LogP contribution >= 0.6 is 11.8 Å². The Balaban J connectivity index is 2.24. The van der Waals surface area contributed by atoms with Gasteiger partial charge in [0.2, 0.25) is 11.1 Å². The normalized spacial score (nSPS) is 12.7. The largest absolute Gasteiger partial charge is 0.394 e. The highest BCUT2D eigenvalue weighted by molar-refractivity contribution is 7.99. The Hall–Kier alpha value is -4.01. The van der Waals surface area contributed by atoms with Gasteiger partial charge in [-0.3, -0.25) is 19.9 Å². The third kappa shape index (κ3) is 5.24. The Morgan fingerprint density at radius 3 is 2.35 bits per heavy atom. The van der Waals surface area contributed by atoms with Crippen LogP contribution in [0.25, 0.3) is 11.3 Å². The van der Waals surface area contributed by atoms with E-state index in [1.807, 2.05) is 0 Å². The van der Waals surface area contributed by atoms with E-state index in [-0.39, 0.29) is 17.9 Å². The first-order chi connectivity index (χ1) is 18.5. The predicted octanol–water partition coefficient (Wildman–Crippen LogP) is 3.65. The van der Waals surface area contributed by atoms with E-state index in [0.717, 1.165) is 4.68 Å². The fourth-order valence-electron chi connectivity index (χ4n) is 3.12. The highest BCUT2D eigenvalue weighted by Gasteiger charge is 2.76. The minimum atomic E-state index is -6.71. The zero-order valence-electron chi connectivity index (χ0n) is 19.0. The number of tetrazole rings is 1. The van der Waals surface area contributed by atoms with Gasteiger partial charge in [-0.25, -0.2) is 17.9 Å². The number of carbonyl (C=O) groups excluding carboxylic acids is 1. The van der Waals surface area contributed by atoms with Gasteiger partial charge in [0, 0.05) is 34.4 Å². The number of aliphatic hydroxyl groups excluding tert-OH is 1. The van der Waals surface area contributed by atoms with E-state index < -0.39 is 86.5 Å². The molecule has 3 N–H and O–H groups in total. The molecule has 0 saturated heterocycles. The molecule has 11 nitrogen and oxygen atoms in total. The molecule has 0 atom stereocenters. The van der Waals surface area contributed by atoms with Crippen LogP contribution in [-0.4, -0.2) is 66.0 Å². The van der Waals surface area contributed by atoms with Crippen LogP contribution in [0.15, 0.2) is 34.4 Å². The molecule has 1 aromatic carbocycles. The van der Waals surface area contributed by atoms with E-state index in [0.29, 0.717) is 23.9 Å².